The molecule has 17 heavy (non-hydrogen) atoms. The molecule has 0 aromatic heterocycles. The van der Waals surface area contributed by atoms with Gasteiger partial charge in [-0.15, -0.1) is 11.8 Å². The zero-order valence-corrected chi connectivity index (χ0v) is 12.5. The van der Waals surface area contributed by atoms with E-state index < -0.39 is 0 Å². The summed E-state index contributed by atoms with van der Waals surface area (Å²) in [6, 6.07) is 10.7. The molecule has 3 heteroatoms. The maximum Gasteiger partial charge on any atom is 0.0108 e. The molecular formula is C14H20BrNS. The number of hydrogen-bond donors (Lipinski definition) is 0. The van der Waals surface area contributed by atoms with Crippen molar-refractivity contribution in [3.05, 3.63) is 30.3 Å². The van der Waals surface area contributed by atoms with E-state index in [1.54, 1.807) is 0 Å². The molecule has 2 rings (SSSR count). The molecule has 1 aromatic carbocycles. The summed E-state index contributed by atoms with van der Waals surface area (Å²) in [4.78, 5) is 4.01. The van der Waals surface area contributed by atoms with Crippen LogP contribution in [0, 0.1) is 5.92 Å². The molecule has 0 saturated carbocycles. The van der Waals surface area contributed by atoms with Crippen LogP contribution in [0.3, 0.4) is 0 Å². The van der Waals surface area contributed by atoms with Gasteiger partial charge in [-0.3, -0.25) is 0 Å². The van der Waals surface area contributed by atoms with Crippen molar-refractivity contribution >= 4 is 27.7 Å². The lowest BCUT2D eigenvalue weighted by atomic mass is 10.0. The molecule has 94 valence electrons. The van der Waals surface area contributed by atoms with Gasteiger partial charge in [0.05, 0.1) is 0 Å². The topological polar surface area (TPSA) is 3.24 Å². The van der Waals surface area contributed by atoms with Gasteiger partial charge in [-0.05, 0) is 37.4 Å². The van der Waals surface area contributed by atoms with Crippen LogP contribution in [-0.2, 0) is 0 Å². The molecule has 1 aliphatic rings. The molecule has 1 heterocycles. The lowest BCUT2D eigenvalue weighted by Gasteiger charge is -2.31. The Bertz CT molecular complexity index is 317. The van der Waals surface area contributed by atoms with Gasteiger partial charge in [0.2, 0.25) is 0 Å². The normalized spacial score (nSPS) is 21.6. The number of likely N-dealkylation sites (tertiary alicyclic amines) is 1. The Morgan fingerprint density at radius 3 is 2.88 bits per heavy atom. The summed E-state index contributed by atoms with van der Waals surface area (Å²) < 4.78 is 0. The third-order valence-corrected chi connectivity index (χ3v) is 5.15. The summed E-state index contributed by atoms with van der Waals surface area (Å²) in [6.07, 6.45) is 2.76. The van der Waals surface area contributed by atoms with Crippen molar-refractivity contribution in [3.63, 3.8) is 0 Å². The second-order valence-corrected chi connectivity index (χ2v) is 6.44. The minimum absolute atomic E-state index is 0.866. The number of benzene rings is 1. The Morgan fingerprint density at radius 1 is 1.29 bits per heavy atom. The summed E-state index contributed by atoms with van der Waals surface area (Å²) in [7, 11) is 0. The van der Waals surface area contributed by atoms with Crippen LogP contribution in [0.15, 0.2) is 35.2 Å². The van der Waals surface area contributed by atoms with E-state index in [0.29, 0.717) is 0 Å². The summed E-state index contributed by atoms with van der Waals surface area (Å²) in [5.41, 5.74) is 0. The van der Waals surface area contributed by atoms with Crippen LogP contribution < -0.4 is 0 Å². The van der Waals surface area contributed by atoms with Crippen LogP contribution in [-0.4, -0.2) is 35.6 Å². The van der Waals surface area contributed by atoms with E-state index in [9.17, 15) is 0 Å². The van der Waals surface area contributed by atoms with E-state index in [0.717, 1.165) is 11.2 Å². The Balaban J connectivity index is 1.68. The summed E-state index contributed by atoms with van der Waals surface area (Å²) >= 11 is 5.58. The Morgan fingerprint density at radius 2 is 2.12 bits per heavy atom. The Hall–Kier alpha value is 0.0100. The lowest BCUT2D eigenvalue weighted by molar-refractivity contribution is 0.197. The molecule has 1 saturated heterocycles. The van der Waals surface area contributed by atoms with Gasteiger partial charge < -0.3 is 4.90 Å². The summed E-state index contributed by atoms with van der Waals surface area (Å²) in [5, 5.41) is 1.16. The molecule has 1 aromatic rings. The number of alkyl halides is 1. The minimum Gasteiger partial charge on any atom is -0.302 e. The molecule has 0 radical (unpaired) electrons. The molecule has 0 amide bonds. The van der Waals surface area contributed by atoms with Crippen LogP contribution in [0.1, 0.15) is 12.8 Å². The lowest BCUT2D eigenvalue weighted by Crippen LogP contribution is -2.37. The quantitative estimate of drug-likeness (QED) is 0.599. The molecule has 0 N–H and O–H groups in total. The number of rotatable bonds is 5. The van der Waals surface area contributed by atoms with Crippen molar-refractivity contribution in [2.45, 2.75) is 17.7 Å². The number of nitrogens with zero attached hydrogens (tertiary/aromatic N) is 1. The van der Waals surface area contributed by atoms with E-state index in [-0.39, 0.29) is 0 Å². The highest BCUT2D eigenvalue weighted by Crippen LogP contribution is 2.20. The molecular weight excluding hydrogens is 294 g/mol. The van der Waals surface area contributed by atoms with E-state index in [4.69, 9.17) is 0 Å². The van der Waals surface area contributed by atoms with Crippen LogP contribution in [0.5, 0.6) is 0 Å². The first-order valence-corrected chi connectivity index (χ1v) is 8.45. The van der Waals surface area contributed by atoms with Crippen molar-refractivity contribution in [2.24, 2.45) is 5.92 Å². The van der Waals surface area contributed by atoms with Crippen LogP contribution >= 0.6 is 27.7 Å². The van der Waals surface area contributed by atoms with Crippen LogP contribution in [0.4, 0.5) is 0 Å². The maximum absolute atomic E-state index is 3.61. The van der Waals surface area contributed by atoms with Crippen LogP contribution in [0.2, 0.25) is 0 Å². The highest BCUT2D eigenvalue weighted by molar-refractivity contribution is 9.09. The van der Waals surface area contributed by atoms with Crippen molar-refractivity contribution in [1.82, 2.24) is 4.90 Å². The monoisotopic (exact) mass is 313 g/mol. The summed E-state index contributed by atoms with van der Waals surface area (Å²) in [6.45, 7) is 3.79. The van der Waals surface area contributed by atoms with Gasteiger partial charge >= 0.3 is 0 Å². The fraction of sp³-hybridized carbons (Fsp3) is 0.571. The van der Waals surface area contributed by atoms with Crippen molar-refractivity contribution < 1.29 is 0 Å². The van der Waals surface area contributed by atoms with Gasteiger partial charge in [-0.1, -0.05) is 34.1 Å². The third kappa shape index (κ3) is 4.65. The largest absolute Gasteiger partial charge is 0.302 e. The predicted octanol–water partition coefficient (Wildman–Crippen LogP) is 3.89. The third-order valence-electron chi connectivity index (χ3n) is 3.24. The molecule has 1 nitrogen and oxygen atoms in total. The fourth-order valence-corrected chi connectivity index (χ4v) is 3.75. The first-order valence-electron chi connectivity index (χ1n) is 6.34. The SMILES string of the molecule is BrCC1CCCN(CCSc2ccccc2)C1. The second-order valence-electron chi connectivity index (χ2n) is 4.62. The van der Waals surface area contributed by atoms with E-state index >= 15 is 0 Å². The molecule has 0 aliphatic carbocycles. The highest BCUT2D eigenvalue weighted by Gasteiger charge is 2.18. The molecule has 0 spiro atoms. The van der Waals surface area contributed by atoms with Gasteiger partial charge in [-0.25, -0.2) is 0 Å². The summed E-state index contributed by atoms with van der Waals surface area (Å²) in [5.74, 6) is 2.07. The number of halogens is 1. The first-order chi connectivity index (χ1) is 8.38. The van der Waals surface area contributed by atoms with Gasteiger partial charge in [0, 0.05) is 29.1 Å². The zero-order chi connectivity index (χ0) is 11.9. The van der Waals surface area contributed by atoms with Gasteiger partial charge in [0.1, 0.15) is 0 Å². The number of piperidine rings is 1. The van der Waals surface area contributed by atoms with Crippen molar-refractivity contribution in [1.29, 1.82) is 0 Å². The molecule has 1 aliphatic heterocycles. The highest BCUT2D eigenvalue weighted by atomic mass is 79.9. The average molecular weight is 314 g/mol. The molecule has 1 unspecified atom stereocenters. The average Bonchev–Trinajstić information content (AvgIpc) is 2.40. The number of hydrogen-bond acceptors (Lipinski definition) is 2. The van der Waals surface area contributed by atoms with Gasteiger partial charge in [0.25, 0.3) is 0 Å². The predicted molar refractivity (Wildman–Crippen MR) is 80.1 cm³/mol. The van der Waals surface area contributed by atoms with Gasteiger partial charge in [0.15, 0.2) is 0 Å². The Labute approximate surface area is 117 Å². The van der Waals surface area contributed by atoms with E-state index in [1.807, 2.05) is 11.8 Å². The van der Waals surface area contributed by atoms with Gasteiger partial charge in [-0.2, -0.15) is 0 Å². The standard InChI is InChI=1S/C14H20BrNS/c15-11-13-5-4-8-16(12-13)9-10-17-14-6-2-1-3-7-14/h1-3,6-7,13H,4-5,8-12H2. The first kappa shape index (κ1) is 13.4. The molecule has 0 bridgehead atoms. The number of thioether (sulfide) groups is 1. The van der Waals surface area contributed by atoms with Crippen molar-refractivity contribution in [2.75, 3.05) is 30.7 Å². The molecule has 1 fully saturated rings. The smallest absolute Gasteiger partial charge is 0.0108 e. The van der Waals surface area contributed by atoms with Crippen LogP contribution in [0.25, 0.3) is 0 Å². The Kier molecular flexibility index (Phi) is 5.89. The molecule has 1 atom stereocenters. The fourth-order valence-electron chi connectivity index (χ4n) is 2.29. The van der Waals surface area contributed by atoms with Crippen molar-refractivity contribution in [3.8, 4) is 0 Å². The maximum atomic E-state index is 3.61. The zero-order valence-electron chi connectivity index (χ0n) is 10.1. The van der Waals surface area contributed by atoms with E-state index in [2.05, 4.69) is 51.2 Å². The minimum atomic E-state index is 0.866. The van der Waals surface area contributed by atoms with E-state index in [1.165, 1.54) is 43.1 Å². The second kappa shape index (κ2) is 7.45.